The molecule has 0 amide bonds. The van der Waals surface area contributed by atoms with Crippen LogP contribution in [0.15, 0.2) is 24.3 Å². The molecule has 0 spiro atoms. The first-order valence-corrected chi connectivity index (χ1v) is 7.70. The summed E-state index contributed by atoms with van der Waals surface area (Å²) in [5.41, 5.74) is 1.93. The molecule has 3 nitrogen and oxygen atoms in total. The molecule has 1 aliphatic heterocycles. The monoisotopic (exact) mass is 271 g/mol. The Balaban J connectivity index is 1.58. The summed E-state index contributed by atoms with van der Waals surface area (Å²) < 4.78 is 0. The van der Waals surface area contributed by atoms with Crippen LogP contribution < -0.4 is 5.32 Å². The summed E-state index contributed by atoms with van der Waals surface area (Å²) in [4.78, 5) is 2.58. The van der Waals surface area contributed by atoms with Crippen LogP contribution in [0.4, 0.5) is 0 Å². The zero-order valence-corrected chi connectivity index (χ0v) is 12.4. The van der Waals surface area contributed by atoms with E-state index in [2.05, 4.69) is 29.3 Å². The van der Waals surface area contributed by atoms with Gasteiger partial charge in [0.15, 0.2) is 0 Å². The molecule has 3 heteroatoms. The molecule has 0 radical (unpaired) electrons. The van der Waals surface area contributed by atoms with Crippen molar-refractivity contribution < 1.29 is 0 Å². The van der Waals surface area contributed by atoms with E-state index in [1.165, 1.54) is 44.5 Å². The Bertz CT molecular complexity index is 442. The molecule has 0 aromatic heterocycles. The third kappa shape index (κ3) is 4.96. The number of rotatable bonds is 6. The van der Waals surface area contributed by atoms with Crippen molar-refractivity contribution in [2.24, 2.45) is 5.92 Å². The van der Waals surface area contributed by atoms with Crippen LogP contribution in [0.2, 0.25) is 0 Å². The number of hydrogen-bond acceptors (Lipinski definition) is 3. The van der Waals surface area contributed by atoms with Crippen LogP contribution in [0.5, 0.6) is 0 Å². The van der Waals surface area contributed by atoms with E-state index in [9.17, 15) is 0 Å². The lowest BCUT2D eigenvalue weighted by Crippen LogP contribution is -2.34. The zero-order valence-electron chi connectivity index (χ0n) is 12.4. The third-order valence-electron chi connectivity index (χ3n) is 4.09. The quantitative estimate of drug-likeness (QED) is 0.809. The molecule has 0 aliphatic carbocycles. The smallest absolute Gasteiger partial charge is 0.0991 e. The van der Waals surface area contributed by atoms with E-state index >= 15 is 0 Å². The van der Waals surface area contributed by atoms with Gasteiger partial charge < -0.3 is 10.2 Å². The number of benzene rings is 1. The van der Waals surface area contributed by atoms with Crippen molar-refractivity contribution in [2.45, 2.75) is 32.7 Å². The van der Waals surface area contributed by atoms with E-state index in [0.717, 1.165) is 24.6 Å². The molecule has 0 atom stereocenters. The Hall–Kier alpha value is -1.37. The highest BCUT2D eigenvalue weighted by Crippen LogP contribution is 2.15. The molecule has 1 saturated heterocycles. The first kappa shape index (κ1) is 15.0. The van der Waals surface area contributed by atoms with Crippen molar-refractivity contribution >= 4 is 0 Å². The molecule has 108 valence electrons. The van der Waals surface area contributed by atoms with E-state index in [-0.39, 0.29) is 0 Å². The van der Waals surface area contributed by atoms with E-state index in [1.807, 2.05) is 18.2 Å². The molecule has 20 heavy (non-hydrogen) atoms. The largest absolute Gasteiger partial charge is 0.313 e. The highest BCUT2D eigenvalue weighted by atomic mass is 15.1. The lowest BCUT2D eigenvalue weighted by Gasteiger charge is -2.30. The summed E-state index contributed by atoms with van der Waals surface area (Å²) in [5.74, 6) is 0.914. The van der Waals surface area contributed by atoms with Crippen LogP contribution in [0.1, 0.15) is 37.3 Å². The minimum atomic E-state index is 0.742. The minimum Gasteiger partial charge on any atom is -0.313 e. The predicted octanol–water partition coefficient (Wildman–Crippen LogP) is 2.77. The van der Waals surface area contributed by atoms with E-state index in [4.69, 9.17) is 5.26 Å². The molecule has 0 saturated carbocycles. The second-order valence-electron chi connectivity index (χ2n) is 5.87. The lowest BCUT2D eigenvalue weighted by molar-refractivity contribution is 0.190. The lowest BCUT2D eigenvalue weighted by atomic mass is 9.99. The normalized spacial score (nSPS) is 17.0. The predicted molar refractivity (Wildman–Crippen MR) is 82.3 cm³/mol. The number of nitrogens with zero attached hydrogens (tertiary/aromatic N) is 2. The molecule has 1 fully saturated rings. The Kier molecular flexibility index (Phi) is 6.04. The fourth-order valence-corrected chi connectivity index (χ4v) is 2.70. The Labute approximate surface area is 122 Å². The highest BCUT2D eigenvalue weighted by molar-refractivity contribution is 5.32. The van der Waals surface area contributed by atoms with Gasteiger partial charge in [-0.2, -0.15) is 5.26 Å². The number of nitriles is 1. The van der Waals surface area contributed by atoms with Gasteiger partial charge in [0.25, 0.3) is 0 Å². The summed E-state index contributed by atoms with van der Waals surface area (Å²) in [7, 11) is 0. The van der Waals surface area contributed by atoms with Crippen LogP contribution in [-0.2, 0) is 6.54 Å². The van der Waals surface area contributed by atoms with Crippen LogP contribution in [-0.4, -0.2) is 31.1 Å². The average molecular weight is 271 g/mol. The topological polar surface area (TPSA) is 39.1 Å². The summed E-state index contributed by atoms with van der Waals surface area (Å²) in [5, 5.41) is 12.3. The van der Waals surface area contributed by atoms with E-state index in [0.29, 0.717) is 0 Å². The maximum atomic E-state index is 8.86. The maximum Gasteiger partial charge on any atom is 0.0991 e. The summed E-state index contributed by atoms with van der Waals surface area (Å²) in [6, 6.07) is 10.0. The first-order valence-electron chi connectivity index (χ1n) is 7.70. The van der Waals surface area contributed by atoms with Gasteiger partial charge >= 0.3 is 0 Å². The molecular weight excluding hydrogens is 246 g/mol. The van der Waals surface area contributed by atoms with Gasteiger partial charge in [-0.25, -0.2) is 0 Å². The highest BCUT2D eigenvalue weighted by Gasteiger charge is 2.14. The molecule has 1 heterocycles. The van der Waals surface area contributed by atoms with Gasteiger partial charge in [0.05, 0.1) is 11.6 Å². The van der Waals surface area contributed by atoms with Crippen molar-refractivity contribution in [3.05, 3.63) is 35.4 Å². The minimum absolute atomic E-state index is 0.742. The van der Waals surface area contributed by atoms with Gasteiger partial charge in [0.2, 0.25) is 0 Å². The van der Waals surface area contributed by atoms with E-state index < -0.39 is 0 Å². The first-order chi connectivity index (χ1) is 9.78. The van der Waals surface area contributed by atoms with Crippen LogP contribution in [0.3, 0.4) is 0 Å². The van der Waals surface area contributed by atoms with Gasteiger partial charge in [0.1, 0.15) is 0 Å². The molecular formula is C17H25N3. The molecule has 1 aromatic rings. The second-order valence-corrected chi connectivity index (χ2v) is 5.87. The molecule has 0 bridgehead atoms. The van der Waals surface area contributed by atoms with Crippen LogP contribution in [0.25, 0.3) is 0 Å². The van der Waals surface area contributed by atoms with Crippen LogP contribution in [0, 0.1) is 17.2 Å². The van der Waals surface area contributed by atoms with Gasteiger partial charge in [-0.3, -0.25) is 0 Å². The number of piperidine rings is 1. The Morgan fingerprint density at radius 1 is 1.35 bits per heavy atom. The summed E-state index contributed by atoms with van der Waals surface area (Å²) in [6.45, 7) is 8.00. The Morgan fingerprint density at radius 2 is 2.15 bits per heavy atom. The number of likely N-dealkylation sites (tertiary alicyclic amines) is 1. The standard InChI is InChI=1S/C17H25N3/c1-15-6-10-20(11-7-15)9-3-8-19-14-17-5-2-4-16(12-17)13-18/h2,4-5,12,15,19H,3,6-11,14H2,1H3. The van der Waals surface area contributed by atoms with Crippen molar-refractivity contribution in [1.82, 2.24) is 10.2 Å². The average Bonchev–Trinajstić information content (AvgIpc) is 2.49. The Morgan fingerprint density at radius 3 is 2.90 bits per heavy atom. The fraction of sp³-hybridized carbons (Fsp3) is 0.588. The second kappa shape index (κ2) is 8.04. The summed E-state index contributed by atoms with van der Waals surface area (Å²) in [6.07, 6.45) is 3.91. The van der Waals surface area contributed by atoms with Crippen LogP contribution >= 0.6 is 0 Å². The van der Waals surface area contributed by atoms with Gasteiger partial charge in [-0.1, -0.05) is 19.1 Å². The van der Waals surface area contributed by atoms with Crippen molar-refractivity contribution in [3.8, 4) is 6.07 Å². The third-order valence-corrected chi connectivity index (χ3v) is 4.09. The zero-order chi connectivity index (χ0) is 14.2. The van der Waals surface area contributed by atoms with Gasteiger partial charge in [0, 0.05) is 6.54 Å². The van der Waals surface area contributed by atoms with Crippen molar-refractivity contribution in [1.29, 1.82) is 5.26 Å². The molecule has 0 unspecified atom stereocenters. The molecule has 1 N–H and O–H groups in total. The van der Waals surface area contributed by atoms with E-state index in [1.54, 1.807) is 0 Å². The fourth-order valence-electron chi connectivity index (χ4n) is 2.70. The van der Waals surface area contributed by atoms with Crippen molar-refractivity contribution in [2.75, 3.05) is 26.2 Å². The SMILES string of the molecule is CC1CCN(CCCNCc2cccc(C#N)c2)CC1. The van der Waals surface area contributed by atoms with Crippen molar-refractivity contribution in [3.63, 3.8) is 0 Å². The van der Waals surface area contributed by atoms with Gasteiger partial charge in [-0.15, -0.1) is 0 Å². The molecule has 1 aromatic carbocycles. The number of nitrogens with one attached hydrogen (secondary N) is 1. The van der Waals surface area contributed by atoms with Gasteiger partial charge in [-0.05, 0) is 69.1 Å². The number of hydrogen-bond donors (Lipinski definition) is 1. The summed E-state index contributed by atoms with van der Waals surface area (Å²) >= 11 is 0. The maximum absolute atomic E-state index is 8.86. The molecule has 1 aliphatic rings. The molecule has 2 rings (SSSR count).